The molecule has 1 N–H and O–H groups in total. The first-order valence-corrected chi connectivity index (χ1v) is 34.1. The average molecular weight is 1080 g/mol. The molecule has 0 aromatic carbocycles. The molecule has 0 bridgehead atoms. The monoisotopic (exact) mass is 1080 g/mol. The van der Waals surface area contributed by atoms with Crippen LogP contribution in [0.4, 0.5) is 0 Å². The number of carbonyl (C=O) groups excluding carboxylic acids is 2. The van der Waals surface area contributed by atoms with Gasteiger partial charge in [0, 0.05) is 12.8 Å². The van der Waals surface area contributed by atoms with Crippen LogP contribution in [0, 0.1) is 0 Å². The lowest BCUT2D eigenvalue weighted by atomic mass is 10.0. The van der Waals surface area contributed by atoms with Gasteiger partial charge in [0.2, 0.25) is 0 Å². The highest BCUT2D eigenvalue weighted by atomic mass is 31.2. The molecule has 75 heavy (non-hydrogen) atoms. The SMILES string of the molecule is CCCCC/C=C\CCCCCCCC(=O)OCC(COP(=O)(O)OCC[N+](C)(C)C)OC(=O)CCCCCCCCCCCCCCCCCCCCCCCCCCCCC/C=C\CCCCCCCCCC. The molecule has 444 valence electrons. The molecule has 0 amide bonds. The summed E-state index contributed by atoms with van der Waals surface area (Å²) < 4.78 is 34.5. The first kappa shape index (κ1) is 73.5. The molecule has 0 saturated heterocycles. The van der Waals surface area contributed by atoms with Gasteiger partial charge in [0.25, 0.3) is 0 Å². The van der Waals surface area contributed by atoms with Crippen LogP contribution in [0.3, 0.4) is 0 Å². The topological polar surface area (TPSA) is 108 Å². The number of nitrogens with zero attached hydrogens (tertiary/aromatic N) is 1. The number of rotatable bonds is 61. The highest BCUT2D eigenvalue weighted by Crippen LogP contribution is 2.43. The zero-order valence-electron chi connectivity index (χ0n) is 50.6. The van der Waals surface area contributed by atoms with Crippen LogP contribution in [-0.4, -0.2) is 74.9 Å². The number of likely N-dealkylation sites (N-methyl/N-ethyl adjacent to an activating group) is 1. The Morgan fingerprint density at radius 2 is 0.680 bits per heavy atom. The van der Waals surface area contributed by atoms with Crippen molar-refractivity contribution in [3.05, 3.63) is 24.3 Å². The number of hydrogen-bond donors (Lipinski definition) is 1. The third-order valence-corrected chi connectivity index (χ3v) is 15.7. The summed E-state index contributed by atoms with van der Waals surface area (Å²) in [7, 11) is 1.49. The van der Waals surface area contributed by atoms with Crippen molar-refractivity contribution >= 4 is 19.8 Å². The van der Waals surface area contributed by atoms with Gasteiger partial charge in [-0.1, -0.05) is 276 Å². The molecular weight excluding hydrogens is 954 g/mol. The number of unbranched alkanes of at least 4 members (excludes halogenated alkanes) is 43. The number of esters is 2. The van der Waals surface area contributed by atoms with E-state index in [1.54, 1.807) is 0 Å². The number of ether oxygens (including phenoxy) is 2. The summed E-state index contributed by atoms with van der Waals surface area (Å²) in [5.41, 5.74) is 0. The first-order chi connectivity index (χ1) is 36.5. The molecule has 0 aliphatic rings. The summed E-state index contributed by atoms with van der Waals surface area (Å²) in [4.78, 5) is 35.6. The number of phosphoric acid groups is 1. The Hall–Kier alpha value is -1.51. The van der Waals surface area contributed by atoms with Gasteiger partial charge in [0.1, 0.15) is 19.8 Å². The van der Waals surface area contributed by atoms with Crippen LogP contribution in [0.1, 0.15) is 328 Å². The number of carbonyl (C=O) groups is 2. The minimum atomic E-state index is -4.38. The number of phosphoric ester groups is 1. The Morgan fingerprint density at radius 1 is 0.400 bits per heavy atom. The van der Waals surface area contributed by atoms with Crippen LogP contribution < -0.4 is 0 Å². The van der Waals surface area contributed by atoms with Gasteiger partial charge in [-0.25, -0.2) is 4.57 Å². The fourth-order valence-corrected chi connectivity index (χ4v) is 10.4. The van der Waals surface area contributed by atoms with Crippen LogP contribution in [0.15, 0.2) is 24.3 Å². The average Bonchev–Trinajstić information content (AvgIpc) is 3.37. The van der Waals surface area contributed by atoms with E-state index in [2.05, 4.69) is 38.2 Å². The van der Waals surface area contributed by atoms with Gasteiger partial charge in [-0.3, -0.25) is 18.6 Å². The molecule has 0 aliphatic carbocycles. The molecule has 0 aromatic heterocycles. The fraction of sp³-hybridized carbons (Fsp3) is 0.908. The minimum absolute atomic E-state index is 0.0333. The van der Waals surface area contributed by atoms with Crippen molar-refractivity contribution in [3.8, 4) is 0 Å². The molecule has 2 unspecified atom stereocenters. The predicted molar refractivity (Wildman–Crippen MR) is 321 cm³/mol. The lowest BCUT2D eigenvalue weighted by molar-refractivity contribution is -0.870. The molecule has 9 nitrogen and oxygen atoms in total. The summed E-state index contributed by atoms with van der Waals surface area (Å²) in [6, 6.07) is 0. The summed E-state index contributed by atoms with van der Waals surface area (Å²) in [5.74, 6) is -0.793. The molecule has 0 saturated carbocycles. The Bertz CT molecular complexity index is 1320. The zero-order valence-corrected chi connectivity index (χ0v) is 51.5. The van der Waals surface area contributed by atoms with E-state index < -0.39 is 26.5 Å². The molecule has 2 atom stereocenters. The lowest BCUT2D eigenvalue weighted by Crippen LogP contribution is -2.37. The molecule has 0 aliphatic heterocycles. The van der Waals surface area contributed by atoms with Gasteiger partial charge >= 0.3 is 19.8 Å². The highest BCUT2D eigenvalue weighted by molar-refractivity contribution is 7.47. The Morgan fingerprint density at radius 3 is 1.01 bits per heavy atom. The maximum absolute atomic E-state index is 12.8. The molecule has 0 radical (unpaired) electrons. The van der Waals surface area contributed by atoms with E-state index in [0.717, 1.165) is 51.4 Å². The van der Waals surface area contributed by atoms with E-state index in [1.165, 1.54) is 244 Å². The summed E-state index contributed by atoms with van der Waals surface area (Å²) in [6.07, 6.45) is 70.2. The van der Waals surface area contributed by atoms with E-state index in [-0.39, 0.29) is 32.0 Å². The van der Waals surface area contributed by atoms with Crippen LogP contribution in [0.25, 0.3) is 0 Å². The van der Waals surface area contributed by atoms with Crippen molar-refractivity contribution in [3.63, 3.8) is 0 Å². The summed E-state index contributed by atoms with van der Waals surface area (Å²) in [6.45, 7) is 4.44. The van der Waals surface area contributed by atoms with Gasteiger partial charge in [0.05, 0.1) is 27.7 Å². The van der Waals surface area contributed by atoms with Crippen LogP contribution in [0.5, 0.6) is 0 Å². The molecule has 0 spiro atoms. The summed E-state index contributed by atoms with van der Waals surface area (Å²) in [5, 5.41) is 0. The second-order valence-corrected chi connectivity index (χ2v) is 25.0. The maximum atomic E-state index is 12.8. The lowest BCUT2D eigenvalue weighted by Gasteiger charge is -2.24. The second-order valence-electron chi connectivity index (χ2n) is 23.5. The van der Waals surface area contributed by atoms with Crippen molar-refractivity contribution in [1.29, 1.82) is 0 Å². The van der Waals surface area contributed by atoms with Gasteiger partial charge in [-0.2, -0.15) is 0 Å². The van der Waals surface area contributed by atoms with Crippen LogP contribution in [0.2, 0.25) is 0 Å². The second kappa shape index (κ2) is 57.2. The first-order valence-electron chi connectivity index (χ1n) is 32.6. The number of hydrogen-bond acceptors (Lipinski definition) is 7. The molecular formula is C65H127NO8P+. The van der Waals surface area contributed by atoms with E-state index in [0.29, 0.717) is 17.4 Å². The normalized spacial score (nSPS) is 13.3. The predicted octanol–water partition coefficient (Wildman–Crippen LogP) is 20.5. The molecule has 0 heterocycles. The van der Waals surface area contributed by atoms with E-state index in [4.69, 9.17) is 18.5 Å². The van der Waals surface area contributed by atoms with Gasteiger partial charge in [-0.15, -0.1) is 0 Å². The Labute approximate surface area is 466 Å². The van der Waals surface area contributed by atoms with Crippen molar-refractivity contribution in [2.75, 3.05) is 47.5 Å². The van der Waals surface area contributed by atoms with Gasteiger partial charge in [-0.05, 0) is 64.2 Å². The molecule has 0 rings (SSSR count). The van der Waals surface area contributed by atoms with E-state index >= 15 is 0 Å². The van der Waals surface area contributed by atoms with E-state index in [9.17, 15) is 19.0 Å². The van der Waals surface area contributed by atoms with Gasteiger partial charge in [0.15, 0.2) is 6.10 Å². The largest absolute Gasteiger partial charge is 0.472 e. The van der Waals surface area contributed by atoms with Crippen molar-refractivity contribution in [2.45, 2.75) is 335 Å². The Kier molecular flexibility index (Phi) is 56.0. The highest BCUT2D eigenvalue weighted by Gasteiger charge is 2.27. The third kappa shape index (κ3) is 61.6. The summed E-state index contributed by atoms with van der Waals surface area (Å²) >= 11 is 0. The van der Waals surface area contributed by atoms with Crippen molar-refractivity contribution in [2.24, 2.45) is 0 Å². The Balaban J connectivity index is 3.83. The number of allylic oxidation sites excluding steroid dienone is 4. The molecule has 0 fully saturated rings. The minimum Gasteiger partial charge on any atom is -0.462 e. The van der Waals surface area contributed by atoms with Crippen molar-refractivity contribution in [1.82, 2.24) is 0 Å². The van der Waals surface area contributed by atoms with Gasteiger partial charge < -0.3 is 18.9 Å². The molecule has 10 heteroatoms. The third-order valence-electron chi connectivity index (χ3n) is 14.7. The molecule has 0 aromatic rings. The fourth-order valence-electron chi connectivity index (χ4n) is 9.66. The maximum Gasteiger partial charge on any atom is 0.472 e. The van der Waals surface area contributed by atoms with Crippen LogP contribution >= 0.6 is 7.82 Å². The smallest absolute Gasteiger partial charge is 0.462 e. The number of quaternary nitrogens is 1. The van der Waals surface area contributed by atoms with E-state index in [1.807, 2.05) is 21.1 Å². The zero-order chi connectivity index (χ0) is 54.9. The standard InChI is InChI=1S/C65H126NO8P/c1-6-8-10-12-14-16-18-20-21-22-23-24-25-26-27-28-29-30-31-32-33-34-35-36-37-38-39-40-41-42-43-44-45-46-48-50-52-54-56-58-65(68)74-63(62-73-75(69,70)72-60-59-66(3,4)5)61-71-64(67)57-55-53-51-49-47-19-17-15-13-11-9-7-2/h15,17,22-23,63H,6-14,16,18-21,24-62H2,1-5H3/p+1/b17-15-,23-22-. The quantitative estimate of drug-likeness (QED) is 0.0211. The van der Waals surface area contributed by atoms with Crippen molar-refractivity contribution < 1.29 is 42.1 Å². The van der Waals surface area contributed by atoms with Crippen LogP contribution in [-0.2, 0) is 32.7 Å².